The highest BCUT2D eigenvalue weighted by molar-refractivity contribution is 6.23. The third-order valence-corrected chi connectivity index (χ3v) is 4.22. The predicted molar refractivity (Wildman–Crippen MR) is 91.2 cm³/mol. The first-order chi connectivity index (χ1) is 12.5. The van der Waals surface area contributed by atoms with Crippen molar-refractivity contribution >= 4 is 35.5 Å². The molecule has 1 aromatic rings. The number of benzene rings is 1. The van der Waals surface area contributed by atoms with Gasteiger partial charge in [-0.25, -0.2) is 0 Å². The van der Waals surface area contributed by atoms with Crippen molar-refractivity contribution in [1.29, 1.82) is 5.41 Å². The summed E-state index contributed by atoms with van der Waals surface area (Å²) in [5, 5.41) is 12.1. The van der Waals surface area contributed by atoms with E-state index in [9.17, 15) is 19.2 Å². The topological polar surface area (TPSA) is 129 Å². The van der Waals surface area contributed by atoms with Crippen molar-refractivity contribution < 1.29 is 23.9 Å². The fourth-order valence-corrected chi connectivity index (χ4v) is 2.99. The second-order valence-corrected chi connectivity index (χ2v) is 5.91. The van der Waals surface area contributed by atoms with Gasteiger partial charge < -0.3 is 15.5 Å². The molecule has 0 radical (unpaired) electrons. The molecule has 0 spiro atoms. The molecular formula is C17H18N4O5. The number of anilines is 1. The SMILES string of the molecule is N=CCOCCNc1ccc2c(c1)C(=O)N(C1CCC(=O)NC1=O)C2=O. The largest absolute Gasteiger partial charge is 0.383 e. The molecule has 0 aliphatic carbocycles. The van der Waals surface area contributed by atoms with E-state index in [2.05, 4.69) is 10.6 Å². The van der Waals surface area contributed by atoms with Crippen molar-refractivity contribution in [3.05, 3.63) is 29.3 Å². The summed E-state index contributed by atoms with van der Waals surface area (Å²) in [4.78, 5) is 49.4. The maximum Gasteiger partial charge on any atom is 0.262 e. The third kappa shape index (κ3) is 3.33. The smallest absolute Gasteiger partial charge is 0.262 e. The Morgan fingerprint density at radius 1 is 1.23 bits per heavy atom. The Balaban J connectivity index is 1.72. The summed E-state index contributed by atoms with van der Waals surface area (Å²) in [7, 11) is 0. The Morgan fingerprint density at radius 2 is 2.00 bits per heavy atom. The molecule has 3 rings (SSSR count). The number of fused-ring (bicyclic) bond motifs is 1. The molecule has 1 unspecified atom stereocenters. The molecule has 1 aromatic carbocycles. The molecule has 3 N–H and O–H groups in total. The lowest BCUT2D eigenvalue weighted by atomic mass is 10.0. The van der Waals surface area contributed by atoms with Gasteiger partial charge in [-0.05, 0) is 24.6 Å². The lowest BCUT2D eigenvalue weighted by Gasteiger charge is -2.27. The maximum atomic E-state index is 12.7. The van der Waals surface area contributed by atoms with Gasteiger partial charge in [0.15, 0.2) is 0 Å². The summed E-state index contributed by atoms with van der Waals surface area (Å²) >= 11 is 0. The number of hydrogen-bond acceptors (Lipinski definition) is 7. The molecule has 1 atom stereocenters. The van der Waals surface area contributed by atoms with Crippen molar-refractivity contribution in [2.75, 3.05) is 25.1 Å². The molecule has 4 amide bonds. The average molecular weight is 358 g/mol. The van der Waals surface area contributed by atoms with E-state index in [1.165, 1.54) is 0 Å². The van der Waals surface area contributed by atoms with Crippen LogP contribution in [0.15, 0.2) is 18.2 Å². The first kappa shape index (κ1) is 17.7. The molecule has 9 nitrogen and oxygen atoms in total. The first-order valence-corrected chi connectivity index (χ1v) is 8.19. The van der Waals surface area contributed by atoms with E-state index >= 15 is 0 Å². The van der Waals surface area contributed by atoms with Crippen molar-refractivity contribution in [3.8, 4) is 0 Å². The summed E-state index contributed by atoms with van der Waals surface area (Å²) in [6, 6.07) is 3.82. The molecule has 2 aliphatic heterocycles. The monoisotopic (exact) mass is 358 g/mol. The average Bonchev–Trinajstić information content (AvgIpc) is 2.86. The molecule has 9 heteroatoms. The minimum atomic E-state index is -0.967. The van der Waals surface area contributed by atoms with Crippen LogP contribution >= 0.6 is 0 Å². The van der Waals surface area contributed by atoms with E-state index in [0.29, 0.717) is 18.8 Å². The van der Waals surface area contributed by atoms with Crippen LogP contribution < -0.4 is 10.6 Å². The van der Waals surface area contributed by atoms with Crippen molar-refractivity contribution in [2.45, 2.75) is 18.9 Å². The van der Waals surface area contributed by atoms with Gasteiger partial charge in [-0.2, -0.15) is 0 Å². The van der Waals surface area contributed by atoms with Gasteiger partial charge in [-0.15, -0.1) is 0 Å². The first-order valence-electron chi connectivity index (χ1n) is 8.19. The highest BCUT2D eigenvalue weighted by atomic mass is 16.5. The summed E-state index contributed by atoms with van der Waals surface area (Å²) in [5.74, 6) is -2.10. The molecule has 2 aliphatic rings. The summed E-state index contributed by atoms with van der Waals surface area (Å²) in [6.07, 6.45) is 1.38. The molecule has 1 saturated heterocycles. The van der Waals surface area contributed by atoms with E-state index in [1.54, 1.807) is 18.2 Å². The molecule has 1 fully saturated rings. The number of piperidine rings is 1. The Labute approximate surface area is 149 Å². The number of carbonyl (C=O) groups is 4. The van der Waals surface area contributed by atoms with Gasteiger partial charge >= 0.3 is 0 Å². The molecule has 26 heavy (non-hydrogen) atoms. The van der Waals surface area contributed by atoms with Crippen LogP contribution in [0.4, 0.5) is 5.69 Å². The Morgan fingerprint density at radius 3 is 2.73 bits per heavy atom. The number of rotatable bonds is 7. The van der Waals surface area contributed by atoms with Crippen LogP contribution in [0.25, 0.3) is 0 Å². The zero-order valence-corrected chi connectivity index (χ0v) is 13.9. The third-order valence-electron chi connectivity index (χ3n) is 4.22. The second kappa shape index (κ2) is 7.44. The summed E-state index contributed by atoms with van der Waals surface area (Å²) in [6.45, 7) is 1.10. The lowest BCUT2D eigenvalue weighted by molar-refractivity contribution is -0.136. The minimum absolute atomic E-state index is 0.0896. The van der Waals surface area contributed by atoms with Gasteiger partial charge in [-0.3, -0.25) is 29.4 Å². The molecular weight excluding hydrogens is 340 g/mol. The van der Waals surface area contributed by atoms with Crippen LogP contribution in [-0.4, -0.2) is 60.5 Å². The standard InChI is InChI=1S/C17H18N4O5/c18-5-7-26-8-6-19-10-1-2-11-12(9-10)17(25)21(16(11)24)13-3-4-14(22)20-15(13)23/h1-2,5,9,13,18-19H,3-4,6-8H2,(H,20,22,23). The quantitative estimate of drug-likeness (QED) is 0.362. The van der Waals surface area contributed by atoms with E-state index in [4.69, 9.17) is 10.1 Å². The summed E-state index contributed by atoms with van der Waals surface area (Å²) < 4.78 is 5.15. The number of amides is 4. The zero-order chi connectivity index (χ0) is 18.7. The lowest BCUT2D eigenvalue weighted by Crippen LogP contribution is -2.54. The van der Waals surface area contributed by atoms with Crippen LogP contribution in [-0.2, 0) is 14.3 Å². The molecule has 0 saturated carbocycles. The number of carbonyl (C=O) groups excluding carboxylic acids is 4. The van der Waals surface area contributed by atoms with Crippen molar-refractivity contribution in [1.82, 2.24) is 10.2 Å². The van der Waals surface area contributed by atoms with E-state index < -0.39 is 29.7 Å². The van der Waals surface area contributed by atoms with Gasteiger partial charge in [0, 0.05) is 24.9 Å². The van der Waals surface area contributed by atoms with E-state index in [-0.39, 0.29) is 30.6 Å². The van der Waals surface area contributed by atoms with Crippen molar-refractivity contribution in [3.63, 3.8) is 0 Å². The van der Waals surface area contributed by atoms with Crippen LogP contribution in [0.3, 0.4) is 0 Å². The highest BCUT2D eigenvalue weighted by Gasteiger charge is 2.44. The van der Waals surface area contributed by atoms with Crippen LogP contribution in [0.1, 0.15) is 33.6 Å². The molecule has 136 valence electrons. The fourth-order valence-electron chi connectivity index (χ4n) is 2.99. The van der Waals surface area contributed by atoms with Gasteiger partial charge in [0.2, 0.25) is 11.8 Å². The Kier molecular flexibility index (Phi) is 5.08. The van der Waals surface area contributed by atoms with E-state index in [1.807, 2.05) is 0 Å². The number of hydrogen-bond donors (Lipinski definition) is 3. The molecule has 0 aromatic heterocycles. The number of nitrogens with one attached hydrogen (secondary N) is 3. The maximum absolute atomic E-state index is 12.7. The molecule has 0 bridgehead atoms. The van der Waals surface area contributed by atoms with Gasteiger partial charge in [0.1, 0.15) is 6.04 Å². The number of ether oxygens (including phenoxy) is 1. The minimum Gasteiger partial charge on any atom is -0.383 e. The van der Waals surface area contributed by atoms with Crippen LogP contribution in [0.5, 0.6) is 0 Å². The van der Waals surface area contributed by atoms with E-state index in [0.717, 1.165) is 11.1 Å². The molecule has 2 heterocycles. The Bertz CT molecular complexity index is 791. The van der Waals surface area contributed by atoms with Crippen LogP contribution in [0.2, 0.25) is 0 Å². The van der Waals surface area contributed by atoms with Crippen molar-refractivity contribution in [2.24, 2.45) is 0 Å². The van der Waals surface area contributed by atoms with Crippen LogP contribution in [0, 0.1) is 5.41 Å². The van der Waals surface area contributed by atoms with Gasteiger partial charge in [0.05, 0.1) is 24.3 Å². The Hall–Kier alpha value is -3.07. The van der Waals surface area contributed by atoms with Gasteiger partial charge in [0.25, 0.3) is 11.8 Å². The second-order valence-electron chi connectivity index (χ2n) is 5.91. The predicted octanol–water partition coefficient (Wildman–Crippen LogP) is 0.166. The normalized spacial score (nSPS) is 19.4. The highest BCUT2D eigenvalue weighted by Crippen LogP contribution is 2.29. The summed E-state index contributed by atoms with van der Waals surface area (Å²) in [5.41, 5.74) is 1.11. The van der Waals surface area contributed by atoms with Gasteiger partial charge in [-0.1, -0.05) is 0 Å². The number of imide groups is 2. The fraction of sp³-hybridized carbons (Fsp3) is 0.353. The number of nitrogens with zero attached hydrogens (tertiary/aromatic N) is 1. The zero-order valence-electron chi connectivity index (χ0n) is 13.9.